The molecule has 0 aromatic rings. The van der Waals surface area contributed by atoms with Crippen molar-refractivity contribution in [3.63, 3.8) is 0 Å². The van der Waals surface area contributed by atoms with Gasteiger partial charge >= 0.3 is 0 Å². The van der Waals surface area contributed by atoms with Crippen LogP contribution in [0.4, 0.5) is 0 Å². The minimum atomic E-state index is -0.364. The molecule has 0 N–H and O–H groups in total. The van der Waals surface area contributed by atoms with E-state index in [0.29, 0.717) is 0 Å². The molecule has 0 radical (unpaired) electrons. The largest absolute Gasteiger partial charge is 0.302 e. The van der Waals surface area contributed by atoms with Gasteiger partial charge in [-0.2, -0.15) is 0 Å². The van der Waals surface area contributed by atoms with Gasteiger partial charge in [-0.1, -0.05) is 0 Å². The lowest BCUT2D eigenvalue weighted by Gasteiger charge is -2.06. The zero-order valence-electron chi connectivity index (χ0n) is 7.06. The number of rotatable bonds is 2. The van der Waals surface area contributed by atoms with Crippen molar-refractivity contribution in [2.24, 2.45) is 5.41 Å². The minimum absolute atomic E-state index is 0.364. The summed E-state index contributed by atoms with van der Waals surface area (Å²) in [7, 11) is 0. The van der Waals surface area contributed by atoms with Crippen LogP contribution in [0.25, 0.3) is 0 Å². The Kier molecular flexibility index (Phi) is 3.11. The lowest BCUT2D eigenvalue weighted by Crippen LogP contribution is -2.07. The van der Waals surface area contributed by atoms with E-state index in [2.05, 4.69) is 5.73 Å². The Morgan fingerprint density at radius 3 is 2.20 bits per heavy atom. The Morgan fingerprint density at radius 1 is 1.40 bits per heavy atom. The SMILES string of the molecule is CC(C)=C=CC(C)(C)C=O. The number of allylic oxidation sites excluding steroid dienone is 1. The molecule has 0 aliphatic heterocycles. The van der Waals surface area contributed by atoms with Crippen LogP contribution in [0, 0.1) is 5.41 Å². The smallest absolute Gasteiger partial charge is 0.129 e. The fraction of sp³-hybridized carbons (Fsp3) is 0.556. The second-order valence-electron chi connectivity index (χ2n) is 3.23. The molecule has 0 saturated carbocycles. The third kappa shape index (κ3) is 4.11. The molecular formula is C9H14O. The Labute approximate surface area is 62.4 Å². The Balaban J connectivity index is 4.41. The summed E-state index contributed by atoms with van der Waals surface area (Å²) in [6.45, 7) is 7.63. The Morgan fingerprint density at radius 2 is 1.90 bits per heavy atom. The first-order valence-electron chi connectivity index (χ1n) is 3.35. The molecule has 0 heterocycles. The highest BCUT2D eigenvalue weighted by atomic mass is 16.1. The molecule has 0 unspecified atom stereocenters. The summed E-state index contributed by atoms with van der Waals surface area (Å²) in [5, 5.41) is 0. The predicted octanol–water partition coefficient (Wildman–Crippen LogP) is 2.33. The van der Waals surface area contributed by atoms with Crippen LogP contribution in [0.15, 0.2) is 17.4 Å². The van der Waals surface area contributed by atoms with Crippen molar-refractivity contribution in [1.82, 2.24) is 0 Å². The molecule has 1 heteroatoms. The third-order valence-electron chi connectivity index (χ3n) is 1.04. The van der Waals surface area contributed by atoms with Crippen LogP contribution < -0.4 is 0 Å². The number of hydrogen-bond acceptors (Lipinski definition) is 1. The number of carbonyl (C=O) groups is 1. The van der Waals surface area contributed by atoms with Crippen molar-refractivity contribution in [3.05, 3.63) is 17.4 Å². The van der Waals surface area contributed by atoms with Crippen LogP contribution in [-0.2, 0) is 4.79 Å². The highest BCUT2D eigenvalue weighted by Crippen LogP contribution is 2.11. The van der Waals surface area contributed by atoms with Crippen LogP contribution >= 0.6 is 0 Å². The zero-order chi connectivity index (χ0) is 8.20. The summed E-state index contributed by atoms with van der Waals surface area (Å²) in [5.41, 5.74) is 3.73. The first kappa shape index (κ1) is 9.19. The van der Waals surface area contributed by atoms with Gasteiger partial charge in [0.25, 0.3) is 0 Å². The van der Waals surface area contributed by atoms with Gasteiger partial charge in [-0.05, 0) is 39.3 Å². The van der Waals surface area contributed by atoms with Crippen LogP contribution in [0.3, 0.4) is 0 Å². The molecule has 0 spiro atoms. The molecule has 0 aromatic heterocycles. The van der Waals surface area contributed by atoms with E-state index in [1.807, 2.05) is 27.7 Å². The second kappa shape index (κ2) is 3.38. The summed E-state index contributed by atoms with van der Waals surface area (Å²) >= 11 is 0. The standard InChI is InChI=1S/C9H14O/c1-8(2)5-6-9(3,4)7-10/h6-7H,1-4H3. The topological polar surface area (TPSA) is 17.1 Å². The van der Waals surface area contributed by atoms with E-state index in [9.17, 15) is 4.79 Å². The van der Waals surface area contributed by atoms with E-state index in [1.54, 1.807) is 6.08 Å². The number of carbonyl (C=O) groups excluding carboxylic acids is 1. The fourth-order valence-electron chi connectivity index (χ4n) is 0.364. The maximum Gasteiger partial charge on any atom is 0.129 e. The van der Waals surface area contributed by atoms with Crippen molar-refractivity contribution in [2.45, 2.75) is 27.7 Å². The molecule has 0 aliphatic rings. The van der Waals surface area contributed by atoms with Crippen molar-refractivity contribution < 1.29 is 4.79 Å². The van der Waals surface area contributed by atoms with Gasteiger partial charge in [0.1, 0.15) is 6.29 Å². The third-order valence-corrected chi connectivity index (χ3v) is 1.04. The van der Waals surface area contributed by atoms with E-state index in [4.69, 9.17) is 0 Å². The molecule has 0 fully saturated rings. The van der Waals surface area contributed by atoms with Gasteiger partial charge in [-0.25, -0.2) is 0 Å². The first-order chi connectivity index (χ1) is 4.48. The molecular weight excluding hydrogens is 124 g/mol. The van der Waals surface area contributed by atoms with Gasteiger partial charge in [-0.3, -0.25) is 0 Å². The fourth-order valence-corrected chi connectivity index (χ4v) is 0.364. The van der Waals surface area contributed by atoms with Gasteiger partial charge in [0, 0.05) is 5.41 Å². The van der Waals surface area contributed by atoms with Gasteiger partial charge in [0.15, 0.2) is 0 Å². The Hall–Kier alpha value is -0.810. The van der Waals surface area contributed by atoms with Crippen molar-refractivity contribution in [1.29, 1.82) is 0 Å². The lowest BCUT2D eigenvalue weighted by molar-refractivity contribution is -0.112. The molecule has 0 bridgehead atoms. The van der Waals surface area contributed by atoms with E-state index in [1.165, 1.54) is 0 Å². The second-order valence-corrected chi connectivity index (χ2v) is 3.23. The summed E-state index contributed by atoms with van der Waals surface area (Å²) in [4.78, 5) is 10.4. The van der Waals surface area contributed by atoms with Gasteiger partial charge in [-0.15, -0.1) is 5.73 Å². The number of aldehydes is 1. The number of hydrogen-bond donors (Lipinski definition) is 0. The van der Waals surface area contributed by atoms with Gasteiger partial charge in [0.05, 0.1) is 0 Å². The monoisotopic (exact) mass is 138 g/mol. The summed E-state index contributed by atoms with van der Waals surface area (Å²) in [5.74, 6) is 0. The Bertz CT molecular complexity index is 177. The molecule has 0 amide bonds. The highest BCUT2D eigenvalue weighted by Gasteiger charge is 2.10. The van der Waals surface area contributed by atoms with Crippen LogP contribution in [0.5, 0.6) is 0 Å². The maximum atomic E-state index is 10.4. The van der Waals surface area contributed by atoms with Crippen LogP contribution in [0.2, 0.25) is 0 Å². The van der Waals surface area contributed by atoms with Crippen LogP contribution in [-0.4, -0.2) is 6.29 Å². The maximum absolute atomic E-state index is 10.4. The normalized spacial score (nSPS) is 10.0. The van der Waals surface area contributed by atoms with E-state index < -0.39 is 0 Å². The summed E-state index contributed by atoms with van der Waals surface area (Å²) in [6.07, 6.45) is 2.71. The molecule has 10 heavy (non-hydrogen) atoms. The molecule has 0 rings (SSSR count). The molecule has 0 atom stereocenters. The minimum Gasteiger partial charge on any atom is -0.302 e. The highest BCUT2D eigenvalue weighted by molar-refractivity contribution is 5.61. The van der Waals surface area contributed by atoms with E-state index >= 15 is 0 Å². The summed E-state index contributed by atoms with van der Waals surface area (Å²) in [6, 6.07) is 0. The average Bonchev–Trinajstić information content (AvgIpc) is 1.85. The molecule has 0 aromatic carbocycles. The van der Waals surface area contributed by atoms with Gasteiger partial charge < -0.3 is 4.79 Å². The lowest BCUT2D eigenvalue weighted by atomic mass is 9.96. The zero-order valence-corrected chi connectivity index (χ0v) is 7.06. The molecule has 1 nitrogen and oxygen atoms in total. The molecule has 0 saturated heterocycles. The summed E-state index contributed by atoms with van der Waals surface area (Å²) < 4.78 is 0. The van der Waals surface area contributed by atoms with Crippen molar-refractivity contribution >= 4 is 6.29 Å². The van der Waals surface area contributed by atoms with E-state index in [-0.39, 0.29) is 5.41 Å². The first-order valence-corrected chi connectivity index (χ1v) is 3.35. The van der Waals surface area contributed by atoms with Crippen LogP contribution in [0.1, 0.15) is 27.7 Å². The van der Waals surface area contributed by atoms with Crippen molar-refractivity contribution in [2.75, 3.05) is 0 Å². The average molecular weight is 138 g/mol. The van der Waals surface area contributed by atoms with Crippen molar-refractivity contribution in [3.8, 4) is 0 Å². The van der Waals surface area contributed by atoms with E-state index in [0.717, 1.165) is 11.9 Å². The predicted molar refractivity (Wildman–Crippen MR) is 42.8 cm³/mol. The molecule has 56 valence electrons. The molecule has 0 aliphatic carbocycles. The quantitative estimate of drug-likeness (QED) is 0.423. The van der Waals surface area contributed by atoms with Gasteiger partial charge in [0.2, 0.25) is 0 Å².